The molecule has 0 spiro atoms. The van der Waals surface area contributed by atoms with Crippen molar-refractivity contribution in [1.82, 2.24) is 35.0 Å². The maximum Gasteiger partial charge on any atom is 0.335 e. The Bertz CT molecular complexity index is 2880. The Morgan fingerprint density at radius 3 is 1.56 bits per heavy atom. The minimum Gasteiger partial charge on any atom is -0.478 e. The van der Waals surface area contributed by atoms with E-state index >= 15 is 0 Å². The fraction of sp³-hybridized carbons (Fsp3) is 0.111. The third-order valence-corrected chi connectivity index (χ3v) is 8.56. The lowest BCUT2D eigenvalue weighted by Gasteiger charge is -2.13. The Morgan fingerprint density at radius 2 is 1.06 bits per heavy atom. The zero-order chi connectivity index (χ0) is 45.3. The molecule has 0 bridgehead atoms. The van der Waals surface area contributed by atoms with E-state index in [1.54, 1.807) is 63.1 Å². The van der Waals surface area contributed by atoms with Crippen LogP contribution in [0.2, 0.25) is 0 Å². The Morgan fingerprint density at radius 1 is 0.603 bits per heavy atom. The number of carbonyl (C=O) groups excluding carboxylic acids is 3. The molecule has 0 fully saturated rings. The molecule has 3 amide bonds. The number of hydrogen-bond donors (Lipinski definition) is 3. The van der Waals surface area contributed by atoms with Crippen LogP contribution >= 0.6 is 0 Å². The van der Waals surface area contributed by atoms with Gasteiger partial charge in [0.2, 0.25) is 0 Å². The molecule has 8 rings (SSSR count). The molecule has 5 aromatic carbocycles. The van der Waals surface area contributed by atoms with E-state index in [0.29, 0.717) is 33.1 Å². The molecule has 0 aliphatic heterocycles. The number of carbonyl (C=O) groups is 4. The van der Waals surface area contributed by atoms with Crippen LogP contribution in [0.25, 0.3) is 33.1 Å². The van der Waals surface area contributed by atoms with Gasteiger partial charge in [-0.15, -0.1) is 0 Å². The SMILES string of the molecule is CCOC.CON(C)C(=O)c1ccc2nccnc2c1.O=C(Nc1cccc(F)c1)Nc1ccc(F)c(C(=O)c2ccc3nccnc3c2)c1.O=C(O)c1ccc2nccnc2c1. The lowest BCUT2D eigenvalue weighted by atomic mass is 10.0. The van der Waals surface area contributed by atoms with E-state index in [1.807, 2.05) is 6.92 Å². The number of fused-ring (bicyclic) bond motifs is 3. The second kappa shape index (κ2) is 22.4. The van der Waals surface area contributed by atoms with Crippen molar-refractivity contribution in [2.45, 2.75) is 6.92 Å². The standard InChI is InChI=1S/C22H14F2N4O2.C11H11N3O2.C9H6N2O2.C3H8O/c23-14-2-1-3-15(11-14)27-22(30)28-16-5-6-18(24)17(12-16)21(29)13-4-7-19-20(10-13)26-9-8-25-19;1-14(16-2)11(15)8-3-4-9-10(7-8)13-6-5-12-9;12-9(13)6-1-2-7-8(5-6)11-4-3-10-7;1-3-4-2/h1-12H,(H2,27,28,30);3-7H,1-2H3;1-5H,(H,12,13);3H2,1-2H3. The van der Waals surface area contributed by atoms with Gasteiger partial charge in [0.05, 0.1) is 51.3 Å². The van der Waals surface area contributed by atoms with Gasteiger partial charge in [-0.2, -0.15) is 0 Å². The lowest BCUT2D eigenvalue weighted by molar-refractivity contribution is -0.0756. The number of halogens is 2. The van der Waals surface area contributed by atoms with Crippen molar-refractivity contribution < 1.29 is 42.6 Å². The number of carboxylic acid groups (broad SMARTS) is 1. The van der Waals surface area contributed by atoms with Crippen LogP contribution in [0.3, 0.4) is 0 Å². The molecule has 0 atom stereocenters. The molecule has 16 nitrogen and oxygen atoms in total. The van der Waals surface area contributed by atoms with Crippen molar-refractivity contribution in [2.24, 2.45) is 0 Å². The number of benzene rings is 5. The number of ether oxygens (including phenoxy) is 1. The average Bonchev–Trinajstić information content (AvgIpc) is 3.31. The molecule has 0 aliphatic rings. The number of hydrogen-bond acceptors (Lipinski definition) is 12. The fourth-order valence-electron chi connectivity index (χ4n) is 5.35. The fourth-order valence-corrected chi connectivity index (χ4v) is 5.35. The van der Waals surface area contributed by atoms with E-state index < -0.39 is 29.4 Å². The minimum atomic E-state index is -0.951. The van der Waals surface area contributed by atoms with Crippen molar-refractivity contribution in [1.29, 1.82) is 0 Å². The number of nitrogens with one attached hydrogen (secondary N) is 2. The maximum atomic E-state index is 14.3. The van der Waals surface area contributed by atoms with Gasteiger partial charge in [0.1, 0.15) is 11.6 Å². The summed E-state index contributed by atoms with van der Waals surface area (Å²) in [6, 6.07) is 22.9. The van der Waals surface area contributed by atoms with Gasteiger partial charge < -0.3 is 20.5 Å². The van der Waals surface area contributed by atoms with Gasteiger partial charge in [-0.05, 0) is 97.9 Å². The highest BCUT2D eigenvalue weighted by Gasteiger charge is 2.17. The number of nitrogens with zero attached hydrogens (tertiary/aromatic N) is 7. The summed E-state index contributed by atoms with van der Waals surface area (Å²) < 4.78 is 32.1. The molecule has 63 heavy (non-hydrogen) atoms. The van der Waals surface area contributed by atoms with Gasteiger partial charge in [-0.25, -0.2) is 23.4 Å². The molecule has 320 valence electrons. The van der Waals surface area contributed by atoms with Crippen molar-refractivity contribution in [3.05, 3.63) is 168 Å². The van der Waals surface area contributed by atoms with Gasteiger partial charge in [0.15, 0.2) is 5.78 Å². The second-order valence-corrected chi connectivity index (χ2v) is 12.8. The third-order valence-electron chi connectivity index (χ3n) is 8.56. The molecular formula is C45H39F2N9O7. The molecule has 3 aromatic heterocycles. The molecule has 0 aliphatic carbocycles. The van der Waals surface area contributed by atoms with Crippen molar-refractivity contribution in [3.63, 3.8) is 0 Å². The number of anilines is 2. The van der Waals surface area contributed by atoms with Gasteiger partial charge in [0.25, 0.3) is 5.91 Å². The van der Waals surface area contributed by atoms with Crippen molar-refractivity contribution in [3.8, 4) is 0 Å². The van der Waals surface area contributed by atoms with E-state index in [0.717, 1.165) is 29.3 Å². The van der Waals surface area contributed by atoms with Gasteiger partial charge in [-0.3, -0.25) is 44.3 Å². The minimum absolute atomic E-state index is 0.203. The monoisotopic (exact) mass is 855 g/mol. The van der Waals surface area contributed by atoms with Crippen LogP contribution in [0, 0.1) is 11.6 Å². The number of carboxylic acids is 1. The van der Waals surface area contributed by atoms with Crippen molar-refractivity contribution in [2.75, 3.05) is 38.5 Å². The highest BCUT2D eigenvalue weighted by molar-refractivity contribution is 6.11. The summed E-state index contributed by atoms with van der Waals surface area (Å²) in [5.74, 6) is -2.95. The number of ketones is 1. The van der Waals surface area contributed by atoms with Crippen LogP contribution in [0.15, 0.2) is 134 Å². The summed E-state index contributed by atoms with van der Waals surface area (Å²) in [6.07, 6.45) is 9.35. The molecule has 3 heterocycles. The summed E-state index contributed by atoms with van der Waals surface area (Å²) in [7, 11) is 4.68. The summed E-state index contributed by atoms with van der Waals surface area (Å²) in [4.78, 5) is 76.7. The zero-order valence-corrected chi connectivity index (χ0v) is 34.2. The molecule has 0 unspecified atom stereocenters. The maximum absolute atomic E-state index is 14.3. The van der Waals surface area contributed by atoms with E-state index in [1.165, 1.54) is 80.3 Å². The number of urea groups is 1. The average molecular weight is 856 g/mol. The van der Waals surface area contributed by atoms with E-state index in [4.69, 9.17) is 9.94 Å². The first-order valence-electron chi connectivity index (χ1n) is 18.7. The first-order chi connectivity index (χ1) is 30.4. The predicted octanol–water partition coefficient (Wildman–Crippen LogP) is 8.03. The molecule has 0 saturated heterocycles. The second-order valence-electron chi connectivity index (χ2n) is 12.8. The van der Waals surface area contributed by atoms with Crippen LogP contribution in [0.1, 0.15) is 43.6 Å². The number of amides is 3. The van der Waals surface area contributed by atoms with Gasteiger partial charge in [-0.1, -0.05) is 6.07 Å². The number of hydroxylamine groups is 2. The van der Waals surface area contributed by atoms with Gasteiger partial charge in [0, 0.05) is 80.4 Å². The molecule has 0 saturated carbocycles. The predicted molar refractivity (Wildman–Crippen MR) is 231 cm³/mol. The number of rotatable bonds is 8. The highest BCUT2D eigenvalue weighted by Crippen LogP contribution is 2.21. The first-order valence-corrected chi connectivity index (χ1v) is 18.7. The molecule has 8 aromatic rings. The summed E-state index contributed by atoms with van der Waals surface area (Å²) in [5, 5.41) is 14.8. The van der Waals surface area contributed by atoms with Gasteiger partial charge >= 0.3 is 12.0 Å². The number of methoxy groups -OCH3 is 1. The Kier molecular flexibility index (Phi) is 16.3. The molecule has 3 N–H and O–H groups in total. The smallest absolute Gasteiger partial charge is 0.335 e. The van der Waals surface area contributed by atoms with Crippen LogP contribution in [-0.2, 0) is 9.57 Å². The number of aromatic nitrogens is 6. The number of aromatic carboxylic acids is 1. The van der Waals surface area contributed by atoms with E-state index in [-0.39, 0.29) is 34.0 Å². The Balaban J connectivity index is 0.000000189. The largest absolute Gasteiger partial charge is 0.478 e. The summed E-state index contributed by atoms with van der Waals surface area (Å²) in [5.41, 5.74) is 5.12. The summed E-state index contributed by atoms with van der Waals surface area (Å²) >= 11 is 0. The topological polar surface area (TPSA) is 212 Å². The molecular weight excluding hydrogens is 817 g/mol. The Hall–Kier alpha value is -8.22. The van der Waals surface area contributed by atoms with Crippen LogP contribution in [0.5, 0.6) is 0 Å². The van der Waals surface area contributed by atoms with Crippen LogP contribution in [-0.4, -0.2) is 91.6 Å². The Labute approximate surface area is 358 Å². The zero-order valence-electron chi connectivity index (χ0n) is 34.2. The van der Waals surface area contributed by atoms with Crippen LogP contribution in [0.4, 0.5) is 25.0 Å². The van der Waals surface area contributed by atoms with Crippen LogP contribution < -0.4 is 10.6 Å². The first kappa shape index (κ1) is 45.9. The van der Waals surface area contributed by atoms with E-state index in [2.05, 4.69) is 45.3 Å². The quantitative estimate of drug-likeness (QED) is 0.0977. The summed E-state index contributed by atoms with van der Waals surface area (Å²) in [6.45, 7) is 2.78. The normalized spacial score (nSPS) is 10.3. The molecule has 18 heteroatoms. The van der Waals surface area contributed by atoms with E-state index in [9.17, 15) is 28.0 Å². The lowest BCUT2D eigenvalue weighted by Crippen LogP contribution is -2.25. The highest BCUT2D eigenvalue weighted by atomic mass is 19.1. The molecule has 0 radical (unpaired) electrons. The third kappa shape index (κ3) is 12.9. The van der Waals surface area contributed by atoms with Crippen molar-refractivity contribution >= 4 is 68.2 Å².